The highest BCUT2D eigenvalue weighted by Gasteiger charge is 2.44. The van der Waals surface area contributed by atoms with Crippen LogP contribution >= 0.6 is 0 Å². The molecule has 1 aliphatic heterocycles. The van der Waals surface area contributed by atoms with Crippen molar-refractivity contribution in [3.63, 3.8) is 0 Å². The molecule has 10 heteroatoms. The van der Waals surface area contributed by atoms with Crippen LogP contribution in [0.2, 0.25) is 0 Å². The van der Waals surface area contributed by atoms with Crippen LogP contribution in [0.25, 0.3) is 0 Å². The summed E-state index contributed by atoms with van der Waals surface area (Å²) >= 11 is 0. The molecule has 0 bridgehead atoms. The molecule has 5 atom stereocenters. The van der Waals surface area contributed by atoms with Crippen molar-refractivity contribution in [3.05, 3.63) is 11.6 Å². The Balaban J connectivity index is 2.77. The fourth-order valence-corrected chi connectivity index (χ4v) is 1.93. The average molecular weight is 301 g/mol. The molecule has 112 valence electrons. The summed E-state index contributed by atoms with van der Waals surface area (Å²) in [6.45, 7) is -0.528. The minimum Gasteiger partial charge on any atom is -0.394 e. The largest absolute Gasteiger partial charge is 0.394 e. The minimum absolute atomic E-state index is 0.247. The lowest BCUT2D eigenvalue weighted by atomic mass is 9.97. The molecule has 0 aromatic heterocycles. The van der Waals surface area contributed by atoms with E-state index >= 15 is 0 Å². The van der Waals surface area contributed by atoms with E-state index in [1.165, 1.54) is 7.11 Å². The number of hydrogen-bond donors (Lipinski definition) is 4. The van der Waals surface area contributed by atoms with Crippen LogP contribution in [-0.2, 0) is 19.7 Å². The van der Waals surface area contributed by atoms with Crippen molar-refractivity contribution >= 4 is 10.2 Å². The Bertz CT molecular complexity index is 413. The zero-order chi connectivity index (χ0) is 14.6. The van der Waals surface area contributed by atoms with Gasteiger partial charge in [-0.15, -0.1) is 3.89 Å². The standard InChI is InChI=1S/C9H16FNO7S/c1-17-9-6(11-2-3-19(10,15)16)8(14)7(13)5(4-12)18-9/h2-3,5-9,11-14H,4H2,1H3/b3-2+/t5-,6+,7+,8-,9-/m1/s1. The van der Waals surface area contributed by atoms with E-state index < -0.39 is 47.5 Å². The second kappa shape index (κ2) is 6.59. The molecule has 1 fully saturated rings. The molecule has 0 amide bonds. The molecule has 0 saturated carbocycles. The van der Waals surface area contributed by atoms with Gasteiger partial charge in [-0.05, 0) is 0 Å². The Morgan fingerprint density at radius 2 is 2.05 bits per heavy atom. The van der Waals surface area contributed by atoms with Crippen molar-refractivity contribution in [1.82, 2.24) is 5.32 Å². The molecule has 1 heterocycles. The van der Waals surface area contributed by atoms with Crippen LogP contribution in [-0.4, -0.2) is 68.1 Å². The number of hydrogen-bond acceptors (Lipinski definition) is 8. The maximum Gasteiger partial charge on any atom is 0.326 e. The summed E-state index contributed by atoms with van der Waals surface area (Å²) in [4.78, 5) is 0. The SMILES string of the molecule is CO[C@@H]1O[C@H](CO)[C@H](O)[C@H](O)[C@@H]1N/C=C/S(=O)(=O)F. The molecule has 0 spiro atoms. The number of rotatable bonds is 5. The lowest BCUT2D eigenvalue weighted by Gasteiger charge is -2.41. The lowest BCUT2D eigenvalue weighted by Crippen LogP contribution is -2.62. The van der Waals surface area contributed by atoms with Crippen LogP contribution in [0.3, 0.4) is 0 Å². The van der Waals surface area contributed by atoms with Crippen LogP contribution in [0.15, 0.2) is 11.6 Å². The van der Waals surface area contributed by atoms with E-state index in [1.54, 1.807) is 0 Å². The van der Waals surface area contributed by atoms with Crippen molar-refractivity contribution in [2.24, 2.45) is 0 Å². The molecule has 8 nitrogen and oxygen atoms in total. The summed E-state index contributed by atoms with van der Waals surface area (Å²) in [7, 11) is -3.55. The Morgan fingerprint density at radius 1 is 1.42 bits per heavy atom. The van der Waals surface area contributed by atoms with Gasteiger partial charge in [0.2, 0.25) is 0 Å². The highest BCUT2D eigenvalue weighted by atomic mass is 32.3. The van der Waals surface area contributed by atoms with Gasteiger partial charge in [0.05, 0.1) is 12.0 Å². The van der Waals surface area contributed by atoms with E-state index in [9.17, 15) is 22.5 Å². The van der Waals surface area contributed by atoms with Crippen molar-refractivity contribution < 1.29 is 37.1 Å². The molecule has 0 radical (unpaired) electrons. The van der Waals surface area contributed by atoms with Gasteiger partial charge >= 0.3 is 10.2 Å². The van der Waals surface area contributed by atoms with Gasteiger partial charge < -0.3 is 30.1 Å². The zero-order valence-electron chi connectivity index (χ0n) is 10.0. The van der Waals surface area contributed by atoms with Crippen molar-refractivity contribution in [2.75, 3.05) is 13.7 Å². The minimum atomic E-state index is -4.80. The normalized spacial score (nSPS) is 36.6. The van der Waals surface area contributed by atoms with Gasteiger partial charge in [-0.25, -0.2) is 0 Å². The fourth-order valence-electron chi connectivity index (χ4n) is 1.69. The van der Waals surface area contributed by atoms with E-state index in [1.807, 2.05) is 0 Å². The van der Waals surface area contributed by atoms with Gasteiger partial charge in [0.15, 0.2) is 6.29 Å². The number of methoxy groups -OCH3 is 1. The maximum atomic E-state index is 12.3. The summed E-state index contributed by atoms with van der Waals surface area (Å²) in [5.41, 5.74) is 0. The molecule has 1 aliphatic rings. The van der Waals surface area contributed by atoms with Crippen molar-refractivity contribution in [2.45, 2.75) is 30.6 Å². The van der Waals surface area contributed by atoms with E-state index in [0.29, 0.717) is 0 Å². The first-order valence-electron chi connectivity index (χ1n) is 5.32. The highest BCUT2D eigenvalue weighted by Crippen LogP contribution is 2.21. The first kappa shape index (κ1) is 16.3. The third-order valence-corrected chi connectivity index (χ3v) is 3.09. The summed E-state index contributed by atoms with van der Waals surface area (Å²) in [6.07, 6.45) is -4.13. The van der Waals surface area contributed by atoms with Crippen molar-refractivity contribution in [1.29, 1.82) is 0 Å². The summed E-state index contributed by atoms with van der Waals surface area (Å²) in [5, 5.41) is 31.0. The predicted molar refractivity (Wildman–Crippen MR) is 60.9 cm³/mol. The monoisotopic (exact) mass is 301 g/mol. The first-order chi connectivity index (χ1) is 8.80. The molecule has 0 aromatic rings. The van der Waals surface area contributed by atoms with Crippen molar-refractivity contribution in [3.8, 4) is 0 Å². The average Bonchev–Trinajstić information content (AvgIpc) is 2.33. The maximum absolute atomic E-state index is 12.3. The predicted octanol–water partition coefficient (Wildman–Crippen LogP) is -2.20. The quantitative estimate of drug-likeness (QED) is 0.422. The van der Waals surface area contributed by atoms with E-state index in [4.69, 9.17) is 14.6 Å². The number of nitrogens with one attached hydrogen (secondary N) is 1. The third kappa shape index (κ3) is 4.37. The zero-order valence-corrected chi connectivity index (χ0v) is 10.8. The molecule has 1 saturated heterocycles. The van der Waals surface area contributed by atoms with Crippen LogP contribution < -0.4 is 5.32 Å². The summed E-state index contributed by atoms with van der Waals surface area (Å²) < 4.78 is 42.8. The van der Waals surface area contributed by atoms with E-state index in [2.05, 4.69) is 5.32 Å². The van der Waals surface area contributed by atoms with Gasteiger partial charge in [0.1, 0.15) is 24.4 Å². The van der Waals surface area contributed by atoms with Gasteiger partial charge in [0.25, 0.3) is 0 Å². The molecular formula is C9H16FNO7S. The first-order valence-corrected chi connectivity index (χ1v) is 6.77. The topological polar surface area (TPSA) is 125 Å². The van der Waals surface area contributed by atoms with Gasteiger partial charge in [-0.1, -0.05) is 0 Å². The second-order valence-corrected chi connectivity index (χ2v) is 5.14. The highest BCUT2D eigenvalue weighted by molar-refractivity contribution is 7.89. The third-order valence-electron chi connectivity index (χ3n) is 2.63. The van der Waals surface area contributed by atoms with Crippen LogP contribution in [0, 0.1) is 0 Å². The number of aliphatic hydroxyl groups excluding tert-OH is 3. The van der Waals surface area contributed by atoms with Gasteiger partial charge in [0, 0.05) is 13.3 Å². The Labute approximate surface area is 109 Å². The fraction of sp³-hybridized carbons (Fsp3) is 0.778. The Hall–Kier alpha value is -0.780. The molecule has 19 heavy (non-hydrogen) atoms. The molecule has 0 aromatic carbocycles. The van der Waals surface area contributed by atoms with Crippen LogP contribution in [0.5, 0.6) is 0 Å². The number of aliphatic hydroxyl groups is 3. The van der Waals surface area contributed by atoms with E-state index in [0.717, 1.165) is 6.20 Å². The molecule has 0 unspecified atom stereocenters. The Morgan fingerprint density at radius 3 is 2.53 bits per heavy atom. The molecule has 4 N–H and O–H groups in total. The van der Waals surface area contributed by atoms with E-state index in [-0.39, 0.29) is 5.41 Å². The lowest BCUT2D eigenvalue weighted by molar-refractivity contribution is -0.261. The summed E-state index contributed by atoms with van der Waals surface area (Å²) in [5.74, 6) is 0. The number of halogens is 1. The van der Waals surface area contributed by atoms with Gasteiger partial charge in [-0.3, -0.25) is 0 Å². The molecular weight excluding hydrogens is 285 g/mol. The molecule has 0 aliphatic carbocycles. The molecule has 1 rings (SSSR count). The summed E-state index contributed by atoms with van der Waals surface area (Å²) in [6, 6.07) is -1.03. The second-order valence-electron chi connectivity index (χ2n) is 3.91. The Kier molecular flexibility index (Phi) is 5.64. The number of ether oxygens (including phenoxy) is 2. The van der Waals surface area contributed by atoms with Crippen LogP contribution in [0.1, 0.15) is 0 Å². The van der Waals surface area contributed by atoms with Gasteiger partial charge in [-0.2, -0.15) is 8.42 Å². The van der Waals surface area contributed by atoms with Crippen LogP contribution in [0.4, 0.5) is 3.89 Å². The smallest absolute Gasteiger partial charge is 0.326 e.